The van der Waals surface area contributed by atoms with Crippen molar-refractivity contribution in [2.24, 2.45) is 11.7 Å². The minimum atomic E-state index is 0.0656. The van der Waals surface area contributed by atoms with Gasteiger partial charge in [-0.1, -0.05) is 12.8 Å². The molecule has 0 radical (unpaired) electrons. The van der Waals surface area contributed by atoms with Crippen LogP contribution >= 0.6 is 0 Å². The van der Waals surface area contributed by atoms with E-state index < -0.39 is 0 Å². The molecule has 1 aromatic carbocycles. The van der Waals surface area contributed by atoms with Crippen LogP contribution in [0.15, 0.2) is 12.1 Å². The van der Waals surface area contributed by atoms with Gasteiger partial charge in [-0.3, -0.25) is 0 Å². The van der Waals surface area contributed by atoms with Crippen LogP contribution in [-0.4, -0.2) is 13.9 Å². The molecule has 0 aromatic heterocycles. The summed E-state index contributed by atoms with van der Waals surface area (Å²) in [4.78, 5) is 0. The number of hydrogen-bond acceptors (Lipinski definition) is 4. The van der Waals surface area contributed by atoms with E-state index in [-0.39, 0.29) is 12.8 Å². The first kappa shape index (κ1) is 11.7. The summed E-state index contributed by atoms with van der Waals surface area (Å²) in [6.07, 6.45) is 5.02. The zero-order valence-electron chi connectivity index (χ0n) is 10.6. The van der Waals surface area contributed by atoms with Gasteiger partial charge in [-0.15, -0.1) is 0 Å². The van der Waals surface area contributed by atoms with Gasteiger partial charge in [0.1, 0.15) is 0 Å². The van der Waals surface area contributed by atoms with Crippen molar-refractivity contribution in [1.29, 1.82) is 0 Å². The van der Waals surface area contributed by atoms with E-state index in [1.807, 2.05) is 12.1 Å². The SMILES string of the molecule is COc1cc([C@H](N)C2CCCC2)cc2c1OCO2. The molecule has 1 saturated carbocycles. The van der Waals surface area contributed by atoms with Crippen LogP contribution < -0.4 is 19.9 Å². The molecule has 2 N–H and O–H groups in total. The third-order valence-corrected chi connectivity index (χ3v) is 3.97. The molecular formula is C14H19NO3. The Morgan fingerprint density at radius 3 is 2.78 bits per heavy atom. The molecule has 3 rings (SSSR count). The Morgan fingerprint density at radius 2 is 2.06 bits per heavy atom. The van der Waals surface area contributed by atoms with Gasteiger partial charge in [0.25, 0.3) is 0 Å². The molecule has 0 amide bonds. The number of fused-ring (bicyclic) bond motifs is 1. The highest BCUT2D eigenvalue weighted by molar-refractivity contribution is 5.55. The molecule has 0 saturated heterocycles. The van der Waals surface area contributed by atoms with Crippen molar-refractivity contribution in [1.82, 2.24) is 0 Å². The van der Waals surface area contributed by atoms with Crippen LogP contribution in [0.4, 0.5) is 0 Å². The molecule has 0 spiro atoms. The normalized spacial score (nSPS) is 20.1. The van der Waals surface area contributed by atoms with Crippen LogP contribution in [0.3, 0.4) is 0 Å². The fourth-order valence-corrected chi connectivity index (χ4v) is 2.93. The van der Waals surface area contributed by atoms with E-state index in [1.54, 1.807) is 7.11 Å². The molecule has 1 fully saturated rings. The van der Waals surface area contributed by atoms with Gasteiger partial charge in [-0.05, 0) is 36.5 Å². The maximum Gasteiger partial charge on any atom is 0.231 e. The van der Waals surface area contributed by atoms with E-state index in [2.05, 4.69) is 0 Å². The second-order valence-corrected chi connectivity index (χ2v) is 5.03. The lowest BCUT2D eigenvalue weighted by molar-refractivity contribution is 0.171. The van der Waals surface area contributed by atoms with Gasteiger partial charge in [0, 0.05) is 6.04 Å². The molecule has 98 valence electrons. The van der Waals surface area contributed by atoms with Crippen LogP contribution in [0, 0.1) is 5.92 Å². The Bertz CT molecular complexity index is 441. The van der Waals surface area contributed by atoms with E-state index in [9.17, 15) is 0 Å². The number of hydrogen-bond donors (Lipinski definition) is 1. The first-order chi connectivity index (χ1) is 8.79. The van der Waals surface area contributed by atoms with E-state index in [0.717, 1.165) is 11.3 Å². The summed E-state index contributed by atoms with van der Waals surface area (Å²) in [6.45, 7) is 0.258. The Hall–Kier alpha value is -1.42. The molecule has 0 unspecified atom stereocenters. The maximum atomic E-state index is 6.37. The van der Waals surface area contributed by atoms with Crippen LogP contribution in [0.25, 0.3) is 0 Å². The zero-order chi connectivity index (χ0) is 12.5. The van der Waals surface area contributed by atoms with Crippen LogP contribution in [0.2, 0.25) is 0 Å². The summed E-state index contributed by atoms with van der Waals surface area (Å²) in [5.41, 5.74) is 7.45. The molecule has 1 atom stereocenters. The Labute approximate surface area is 107 Å². The van der Waals surface area contributed by atoms with Crippen LogP contribution in [0.1, 0.15) is 37.3 Å². The van der Waals surface area contributed by atoms with Crippen molar-refractivity contribution in [2.75, 3.05) is 13.9 Å². The predicted molar refractivity (Wildman–Crippen MR) is 68.0 cm³/mol. The first-order valence-electron chi connectivity index (χ1n) is 6.52. The third kappa shape index (κ3) is 1.90. The van der Waals surface area contributed by atoms with Gasteiger partial charge in [0.05, 0.1) is 7.11 Å². The third-order valence-electron chi connectivity index (χ3n) is 3.97. The molecule has 1 aromatic rings. The van der Waals surface area contributed by atoms with Crippen molar-refractivity contribution in [3.8, 4) is 17.2 Å². The zero-order valence-corrected chi connectivity index (χ0v) is 10.6. The largest absolute Gasteiger partial charge is 0.493 e. The molecule has 4 nitrogen and oxygen atoms in total. The highest BCUT2D eigenvalue weighted by Gasteiger charge is 2.27. The summed E-state index contributed by atoms with van der Waals surface area (Å²) in [5.74, 6) is 2.74. The van der Waals surface area contributed by atoms with Crippen molar-refractivity contribution >= 4 is 0 Å². The van der Waals surface area contributed by atoms with E-state index in [0.29, 0.717) is 17.4 Å². The first-order valence-corrected chi connectivity index (χ1v) is 6.52. The van der Waals surface area contributed by atoms with Crippen molar-refractivity contribution < 1.29 is 14.2 Å². The van der Waals surface area contributed by atoms with Crippen molar-refractivity contribution in [3.63, 3.8) is 0 Å². The standard InChI is InChI=1S/C14H19NO3/c1-16-11-6-10(7-12-14(11)18-8-17-12)13(15)9-4-2-3-5-9/h6-7,9,13H,2-5,8,15H2,1H3/t13-/m1/s1. The topological polar surface area (TPSA) is 53.7 Å². The number of ether oxygens (including phenoxy) is 3. The minimum absolute atomic E-state index is 0.0656. The monoisotopic (exact) mass is 249 g/mol. The fourth-order valence-electron chi connectivity index (χ4n) is 2.93. The summed E-state index contributed by atoms with van der Waals surface area (Å²) < 4.78 is 16.2. The molecule has 2 aliphatic rings. The average Bonchev–Trinajstić information content (AvgIpc) is 3.07. The quantitative estimate of drug-likeness (QED) is 0.894. The van der Waals surface area contributed by atoms with Gasteiger partial charge >= 0.3 is 0 Å². The number of nitrogens with two attached hydrogens (primary N) is 1. The van der Waals surface area contributed by atoms with Gasteiger partial charge in [-0.2, -0.15) is 0 Å². The lowest BCUT2D eigenvalue weighted by Crippen LogP contribution is -2.19. The minimum Gasteiger partial charge on any atom is -0.493 e. The van der Waals surface area contributed by atoms with Crippen LogP contribution in [-0.2, 0) is 0 Å². The van der Waals surface area contributed by atoms with Gasteiger partial charge < -0.3 is 19.9 Å². The molecule has 4 heteroatoms. The molecule has 18 heavy (non-hydrogen) atoms. The van der Waals surface area contributed by atoms with E-state index >= 15 is 0 Å². The number of rotatable bonds is 3. The van der Waals surface area contributed by atoms with Gasteiger partial charge in [0.15, 0.2) is 11.5 Å². The molecule has 1 aliphatic heterocycles. The highest BCUT2D eigenvalue weighted by Crippen LogP contribution is 2.44. The lowest BCUT2D eigenvalue weighted by atomic mass is 9.92. The van der Waals surface area contributed by atoms with E-state index in [4.69, 9.17) is 19.9 Å². The van der Waals surface area contributed by atoms with Gasteiger partial charge in [0.2, 0.25) is 12.5 Å². The predicted octanol–water partition coefficient (Wildman–Crippen LogP) is 2.61. The molecular weight excluding hydrogens is 230 g/mol. The smallest absolute Gasteiger partial charge is 0.231 e. The second kappa shape index (κ2) is 4.69. The highest BCUT2D eigenvalue weighted by atomic mass is 16.7. The summed E-state index contributed by atoms with van der Waals surface area (Å²) >= 11 is 0. The van der Waals surface area contributed by atoms with Crippen molar-refractivity contribution in [2.45, 2.75) is 31.7 Å². The number of methoxy groups -OCH3 is 1. The summed E-state index contributed by atoms with van der Waals surface area (Å²) in [7, 11) is 1.64. The van der Waals surface area contributed by atoms with E-state index in [1.165, 1.54) is 25.7 Å². The molecule has 1 heterocycles. The molecule has 0 bridgehead atoms. The van der Waals surface area contributed by atoms with Crippen LogP contribution in [0.5, 0.6) is 17.2 Å². The van der Waals surface area contributed by atoms with Crippen molar-refractivity contribution in [3.05, 3.63) is 17.7 Å². The second-order valence-electron chi connectivity index (χ2n) is 5.03. The average molecular weight is 249 g/mol. The maximum absolute atomic E-state index is 6.37. The Balaban J connectivity index is 1.92. The summed E-state index contributed by atoms with van der Waals surface area (Å²) in [6, 6.07) is 4.04. The Morgan fingerprint density at radius 1 is 1.28 bits per heavy atom. The molecule has 1 aliphatic carbocycles. The Kier molecular flexibility index (Phi) is 3.04. The van der Waals surface area contributed by atoms with Gasteiger partial charge in [-0.25, -0.2) is 0 Å². The lowest BCUT2D eigenvalue weighted by Gasteiger charge is -2.20. The fraction of sp³-hybridized carbons (Fsp3) is 0.571. The summed E-state index contributed by atoms with van der Waals surface area (Å²) in [5, 5.41) is 0. The number of benzene rings is 1.